The fourth-order valence-corrected chi connectivity index (χ4v) is 2.18. The van der Waals surface area contributed by atoms with Crippen LogP contribution in [0, 0.1) is 5.82 Å². The van der Waals surface area contributed by atoms with Gasteiger partial charge in [0.15, 0.2) is 0 Å². The molecule has 0 spiro atoms. The molecule has 0 bridgehead atoms. The van der Waals surface area contributed by atoms with Crippen molar-refractivity contribution in [3.05, 3.63) is 65.5 Å². The van der Waals surface area contributed by atoms with E-state index >= 15 is 0 Å². The minimum atomic E-state index is -0.325. The van der Waals surface area contributed by atoms with Gasteiger partial charge in [-0.1, -0.05) is 36.4 Å². The van der Waals surface area contributed by atoms with Crippen molar-refractivity contribution in [2.24, 2.45) is 5.73 Å². The van der Waals surface area contributed by atoms with Crippen LogP contribution in [-0.2, 0) is 13.0 Å². The molecule has 20 heavy (non-hydrogen) atoms. The van der Waals surface area contributed by atoms with E-state index in [4.69, 9.17) is 5.73 Å². The van der Waals surface area contributed by atoms with E-state index in [2.05, 4.69) is 5.32 Å². The molecule has 0 saturated carbocycles. The van der Waals surface area contributed by atoms with Gasteiger partial charge in [0.2, 0.25) is 0 Å². The summed E-state index contributed by atoms with van der Waals surface area (Å²) in [5.74, 6) is -0.325. The van der Waals surface area contributed by atoms with Gasteiger partial charge in [-0.15, -0.1) is 0 Å². The summed E-state index contributed by atoms with van der Waals surface area (Å²) < 4.78 is 13.6. The highest BCUT2D eigenvalue weighted by atomic mass is 19.1. The summed E-state index contributed by atoms with van der Waals surface area (Å²) in [6.07, 6.45) is 0.665. The third-order valence-corrected chi connectivity index (χ3v) is 3.23. The summed E-state index contributed by atoms with van der Waals surface area (Å²) in [6.45, 7) is 0.0912. The summed E-state index contributed by atoms with van der Waals surface area (Å²) in [4.78, 5) is 0. The van der Waals surface area contributed by atoms with E-state index in [0.717, 1.165) is 5.56 Å². The maximum absolute atomic E-state index is 13.6. The molecule has 0 aromatic heterocycles. The average molecular weight is 274 g/mol. The van der Waals surface area contributed by atoms with Crippen LogP contribution in [-0.4, -0.2) is 17.8 Å². The molecule has 0 aliphatic heterocycles. The Kier molecular flexibility index (Phi) is 5.09. The molecule has 0 fully saturated rings. The third kappa shape index (κ3) is 3.56. The molecule has 4 heteroatoms. The maximum Gasteiger partial charge on any atom is 0.129 e. The van der Waals surface area contributed by atoms with Crippen LogP contribution in [0.4, 0.5) is 10.1 Å². The molecular formula is C16H19FN2O. The van der Waals surface area contributed by atoms with Gasteiger partial charge >= 0.3 is 0 Å². The minimum Gasteiger partial charge on any atom is -0.394 e. The molecule has 0 saturated heterocycles. The van der Waals surface area contributed by atoms with Crippen molar-refractivity contribution in [1.82, 2.24) is 0 Å². The van der Waals surface area contributed by atoms with Crippen LogP contribution in [0.25, 0.3) is 0 Å². The number of rotatable bonds is 6. The van der Waals surface area contributed by atoms with Gasteiger partial charge in [-0.2, -0.15) is 0 Å². The zero-order valence-electron chi connectivity index (χ0n) is 11.2. The summed E-state index contributed by atoms with van der Waals surface area (Å²) >= 11 is 0. The predicted molar refractivity (Wildman–Crippen MR) is 78.9 cm³/mol. The lowest BCUT2D eigenvalue weighted by Gasteiger charge is -2.20. The summed E-state index contributed by atoms with van der Waals surface area (Å²) in [6, 6.07) is 14.5. The number of anilines is 1. The molecule has 106 valence electrons. The zero-order valence-corrected chi connectivity index (χ0v) is 11.2. The van der Waals surface area contributed by atoms with Crippen molar-refractivity contribution in [2.75, 3.05) is 11.9 Å². The number of nitrogens with two attached hydrogens (primary N) is 1. The van der Waals surface area contributed by atoms with Gasteiger partial charge in [-0.05, 0) is 24.1 Å². The van der Waals surface area contributed by atoms with E-state index in [9.17, 15) is 9.50 Å². The standard InChI is InChI=1S/C16H19FN2O/c17-15-7-4-8-16(14(15)10-18)19-13(11-20)9-12-5-2-1-3-6-12/h1-8,13,19-20H,9-11,18H2. The summed E-state index contributed by atoms with van der Waals surface area (Å²) in [5, 5.41) is 12.7. The number of hydrogen-bond donors (Lipinski definition) is 3. The molecular weight excluding hydrogens is 255 g/mol. The Bertz CT molecular complexity index is 545. The maximum atomic E-state index is 13.6. The number of aliphatic hydroxyl groups excluding tert-OH is 1. The van der Waals surface area contributed by atoms with Gasteiger partial charge in [-0.3, -0.25) is 0 Å². The molecule has 0 heterocycles. The highest BCUT2D eigenvalue weighted by molar-refractivity contribution is 5.52. The molecule has 2 aromatic carbocycles. The molecule has 0 radical (unpaired) electrons. The monoisotopic (exact) mass is 274 g/mol. The lowest BCUT2D eigenvalue weighted by Crippen LogP contribution is -2.27. The Morgan fingerprint density at radius 1 is 1.10 bits per heavy atom. The van der Waals surface area contributed by atoms with Crippen LogP contribution in [0.15, 0.2) is 48.5 Å². The van der Waals surface area contributed by atoms with Crippen molar-refractivity contribution in [3.63, 3.8) is 0 Å². The van der Waals surface area contributed by atoms with Gasteiger partial charge in [0, 0.05) is 17.8 Å². The van der Waals surface area contributed by atoms with E-state index in [0.29, 0.717) is 17.7 Å². The van der Waals surface area contributed by atoms with E-state index < -0.39 is 0 Å². The number of nitrogens with one attached hydrogen (secondary N) is 1. The molecule has 2 aromatic rings. The highest BCUT2D eigenvalue weighted by Gasteiger charge is 2.12. The lowest BCUT2D eigenvalue weighted by atomic mass is 10.1. The smallest absolute Gasteiger partial charge is 0.129 e. The number of halogens is 1. The first-order valence-corrected chi connectivity index (χ1v) is 6.63. The number of aliphatic hydroxyl groups is 1. The van der Waals surface area contributed by atoms with Crippen LogP contribution in [0.3, 0.4) is 0 Å². The van der Waals surface area contributed by atoms with Gasteiger partial charge in [0.1, 0.15) is 5.82 Å². The zero-order chi connectivity index (χ0) is 14.4. The predicted octanol–water partition coefficient (Wildman–Crippen LogP) is 2.30. The Morgan fingerprint density at radius 3 is 2.50 bits per heavy atom. The SMILES string of the molecule is NCc1c(F)cccc1NC(CO)Cc1ccccc1. The largest absolute Gasteiger partial charge is 0.394 e. The average Bonchev–Trinajstić information content (AvgIpc) is 2.48. The van der Waals surface area contributed by atoms with Crippen molar-refractivity contribution in [2.45, 2.75) is 19.0 Å². The van der Waals surface area contributed by atoms with Gasteiger partial charge in [0.05, 0.1) is 12.6 Å². The van der Waals surface area contributed by atoms with Gasteiger partial charge < -0.3 is 16.2 Å². The van der Waals surface area contributed by atoms with Crippen molar-refractivity contribution in [3.8, 4) is 0 Å². The Hall–Kier alpha value is -1.91. The second kappa shape index (κ2) is 7.03. The normalized spacial score (nSPS) is 12.2. The first-order chi connectivity index (χ1) is 9.74. The lowest BCUT2D eigenvalue weighted by molar-refractivity contribution is 0.273. The van der Waals surface area contributed by atoms with Crippen LogP contribution in [0.5, 0.6) is 0 Å². The van der Waals surface area contributed by atoms with E-state index in [1.165, 1.54) is 6.07 Å². The second-order valence-corrected chi connectivity index (χ2v) is 4.68. The summed E-state index contributed by atoms with van der Waals surface area (Å²) in [5.41, 5.74) is 7.78. The van der Waals surface area contributed by atoms with E-state index in [1.54, 1.807) is 12.1 Å². The molecule has 1 atom stereocenters. The third-order valence-electron chi connectivity index (χ3n) is 3.23. The highest BCUT2D eigenvalue weighted by Crippen LogP contribution is 2.20. The Balaban J connectivity index is 2.12. The molecule has 2 rings (SSSR count). The van der Waals surface area contributed by atoms with Crippen LogP contribution >= 0.6 is 0 Å². The van der Waals surface area contributed by atoms with Crippen molar-refractivity contribution >= 4 is 5.69 Å². The quantitative estimate of drug-likeness (QED) is 0.757. The Labute approximate surface area is 118 Å². The second-order valence-electron chi connectivity index (χ2n) is 4.68. The van der Waals surface area contributed by atoms with Crippen molar-refractivity contribution < 1.29 is 9.50 Å². The van der Waals surface area contributed by atoms with E-state index in [1.807, 2.05) is 30.3 Å². The molecule has 4 N–H and O–H groups in total. The summed E-state index contributed by atoms with van der Waals surface area (Å²) in [7, 11) is 0. The van der Waals surface area contributed by atoms with E-state index in [-0.39, 0.29) is 25.0 Å². The molecule has 0 amide bonds. The van der Waals surface area contributed by atoms with Gasteiger partial charge in [0.25, 0.3) is 0 Å². The van der Waals surface area contributed by atoms with Crippen LogP contribution in [0.2, 0.25) is 0 Å². The Morgan fingerprint density at radius 2 is 1.85 bits per heavy atom. The van der Waals surface area contributed by atoms with Crippen LogP contribution < -0.4 is 11.1 Å². The number of hydrogen-bond acceptors (Lipinski definition) is 3. The first-order valence-electron chi connectivity index (χ1n) is 6.63. The molecule has 1 unspecified atom stereocenters. The molecule has 3 nitrogen and oxygen atoms in total. The topological polar surface area (TPSA) is 58.3 Å². The molecule has 0 aliphatic rings. The minimum absolute atomic E-state index is 0.0323. The fraction of sp³-hybridized carbons (Fsp3) is 0.250. The first kappa shape index (κ1) is 14.5. The fourth-order valence-electron chi connectivity index (χ4n) is 2.18. The number of benzene rings is 2. The molecule has 0 aliphatic carbocycles. The van der Waals surface area contributed by atoms with Crippen molar-refractivity contribution in [1.29, 1.82) is 0 Å². The van der Waals surface area contributed by atoms with Gasteiger partial charge in [-0.25, -0.2) is 4.39 Å². The van der Waals surface area contributed by atoms with Crippen LogP contribution in [0.1, 0.15) is 11.1 Å².